The van der Waals surface area contributed by atoms with Gasteiger partial charge in [-0.25, -0.2) is 0 Å². The third kappa shape index (κ3) is 43.7. The number of aliphatic hydroxyl groups is 5. The Bertz CT molecular complexity index is 1510. The fourth-order valence-corrected chi connectivity index (χ4v) is 10.1. The molecule has 0 radical (unpaired) electrons. The number of nitrogens with one attached hydrogen (secondary N) is 1. The minimum Gasteiger partial charge on any atom is -0.454 e. The normalized spacial score (nSPS) is 19.2. The molecule has 1 rings (SSSR count). The summed E-state index contributed by atoms with van der Waals surface area (Å²) in [6.45, 7) is 5.77. The van der Waals surface area contributed by atoms with Crippen molar-refractivity contribution in [1.29, 1.82) is 0 Å². The number of carbonyl (C=O) groups is 2. The Morgan fingerprint density at radius 2 is 0.873 bits per heavy atom. The van der Waals surface area contributed by atoms with Crippen molar-refractivity contribution in [1.82, 2.24) is 5.32 Å². The molecule has 0 saturated carbocycles. The number of carbonyl (C=O) groups excluding carboxylic acids is 2. The van der Waals surface area contributed by atoms with E-state index in [0.29, 0.717) is 12.8 Å². The second-order valence-electron chi connectivity index (χ2n) is 22.8. The first-order chi connectivity index (χ1) is 38.7. The molecule has 0 aromatic rings. The molecular weight excluding hydrogens is 991 g/mol. The van der Waals surface area contributed by atoms with Gasteiger partial charge in [0.15, 0.2) is 12.4 Å². The molecule has 1 fully saturated rings. The molecule has 0 bridgehead atoms. The van der Waals surface area contributed by atoms with Gasteiger partial charge in [0.25, 0.3) is 0 Å². The Labute approximate surface area is 484 Å². The zero-order valence-electron chi connectivity index (χ0n) is 51.0. The van der Waals surface area contributed by atoms with Gasteiger partial charge in [0, 0.05) is 6.42 Å². The molecule has 1 heterocycles. The Morgan fingerprint density at radius 3 is 1.35 bits per heavy atom. The van der Waals surface area contributed by atoms with E-state index in [1.807, 2.05) is 6.08 Å². The van der Waals surface area contributed by atoms with E-state index in [1.54, 1.807) is 6.08 Å². The zero-order valence-corrected chi connectivity index (χ0v) is 51.0. The van der Waals surface area contributed by atoms with Crippen LogP contribution in [0.25, 0.3) is 0 Å². The second-order valence-corrected chi connectivity index (χ2v) is 22.8. The lowest BCUT2D eigenvalue weighted by Crippen LogP contribution is -2.61. The van der Waals surface area contributed by atoms with Gasteiger partial charge >= 0.3 is 5.97 Å². The Hall–Kier alpha value is -2.64. The molecule has 11 heteroatoms. The van der Waals surface area contributed by atoms with Gasteiger partial charge in [-0.2, -0.15) is 0 Å². The predicted molar refractivity (Wildman–Crippen MR) is 329 cm³/mol. The van der Waals surface area contributed by atoms with Gasteiger partial charge in [0.1, 0.15) is 24.4 Å². The predicted octanol–water partition coefficient (Wildman–Crippen LogP) is 16.2. The molecule has 0 aromatic carbocycles. The van der Waals surface area contributed by atoms with Gasteiger partial charge in [-0.3, -0.25) is 9.59 Å². The van der Waals surface area contributed by atoms with E-state index in [2.05, 4.69) is 74.7 Å². The lowest BCUT2D eigenvalue weighted by Gasteiger charge is -2.41. The van der Waals surface area contributed by atoms with Gasteiger partial charge in [-0.05, 0) is 89.9 Å². The largest absolute Gasteiger partial charge is 0.454 e. The first kappa shape index (κ1) is 74.4. The Kier molecular flexibility index (Phi) is 52.6. The van der Waals surface area contributed by atoms with Crippen LogP contribution in [0.15, 0.2) is 60.8 Å². The van der Waals surface area contributed by atoms with Crippen LogP contribution in [0.4, 0.5) is 0 Å². The van der Waals surface area contributed by atoms with Gasteiger partial charge in [0.2, 0.25) is 5.91 Å². The number of rotatable bonds is 56. The van der Waals surface area contributed by atoms with Crippen molar-refractivity contribution in [3.8, 4) is 0 Å². The summed E-state index contributed by atoms with van der Waals surface area (Å²) in [6.07, 6.45) is 59.6. The number of esters is 1. The first-order valence-corrected chi connectivity index (χ1v) is 33.1. The summed E-state index contributed by atoms with van der Waals surface area (Å²) in [4.78, 5) is 26.6. The van der Waals surface area contributed by atoms with Crippen molar-refractivity contribution in [2.24, 2.45) is 0 Å². The maximum Gasteiger partial charge on any atom is 0.306 e. The third-order valence-electron chi connectivity index (χ3n) is 15.4. The molecular formula is C68H123NO10. The van der Waals surface area contributed by atoms with Gasteiger partial charge in [-0.1, -0.05) is 261 Å². The van der Waals surface area contributed by atoms with Gasteiger partial charge in [0.05, 0.1) is 25.4 Å². The number of aliphatic hydroxyl groups excluding tert-OH is 5. The molecule has 79 heavy (non-hydrogen) atoms. The van der Waals surface area contributed by atoms with Crippen molar-refractivity contribution in [3.63, 3.8) is 0 Å². The molecule has 8 atom stereocenters. The third-order valence-corrected chi connectivity index (χ3v) is 15.4. The molecule has 0 spiro atoms. The van der Waals surface area contributed by atoms with E-state index >= 15 is 0 Å². The van der Waals surface area contributed by atoms with E-state index in [0.717, 1.165) is 89.9 Å². The average Bonchev–Trinajstić information content (AvgIpc) is 3.49. The molecule has 0 aliphatic carbocycles. The Balaban J connectivity index is 2.65. The fourth-order valence-electron chi connectivity index (χ4n) is 10.1. The van der Waals surface area contributed by atoms with Crippen LogP contribution in [0.3, 0.4) is 0 Å². The van der Waals surface area contributed by atoms with Crippen LogP contribution in [0.2, 0.25) is 0 Å². The Morgan fingerprint density at radius 1 is 0.494 bits per heavy atom. The van der Waals surface area contributed by atoms with Crippen molar-refractivity contribution >= 4 is 11.9 Å². The summed E-state index contributed by atoms with van der Waals surface area (Å²) in [5.41, 5.74) is 0. The van der Waals surface area contributed by atoms with Crippen LogP contribution in [0.1, 0.15) is 297 Å². The zero-order chi connectivity index (χ0) is 57.5. The van der Waals surface area contributed by atoms with Crippen molar-refractivity contribution in [3.05, 3.63) is 60.8 Å². The molecule has 460 valence electrons. The SMILES string of the molecule is CCCCC/C=C\C/C=C\C/C=C\CCCCCCCCCCCC(O)C(=O)NC(COC1OC(CO)C(O)C(O)C1OC(=O)CCCCCCCCC/C=C\CCCCCC)C(O)/C=C/CCCCCCCCCCCCC. The topological polar surface area (TPSA) is 175 Å². The highest BCUT2D eigenvalue weighted by Crippen LogP contribution is 2.26. The number of hydrogen-bond donors (Lipinski definition) is 6. The van der Waals surface area contributed by atoms with E-state index in [4.69, 9.17) is 14.2 Å². The van der Waals surface area contributed by atoms with Crippen LogP contribution in [-0.4, -0.2) is 99.6 Å². The standard InChI is InChI=1S/C68H123NO10/c1-4-7-10-13-16-19-22-25-27-28-29-30-31-32-33-35-37-40-43-46-49-52-55-61(72)67(76)69-59(60(71)54-51-48-45-42-39-36-24-21-18-15-12-9-6-3)58-77-68-66(65(75)64(74)62(57-70)78-68)79-63(73)56-53-50-47-44-41-38-34-26-23-20-17-14-11-8-5-2/h16,19-20,23,25,27,29-30,51,54,59-62,64-66,68,70-72,74-75H,4-15,17-18,21-22,24,26,28,31-50,52-53,55-58H2,1-3H3,(H,69,76)/b19-16-,23-20-,27-25-,30-29-,54-51+. The van der Waals surface area contributed by atoms with E-state index in [-0.39, 0.29) is 19.4 Å². The monoisotopic (exact) mass is 1110 g/mol. The lowest BCUT2D eigenvalue weighted by molar-refractivity contribution is -0.305. The molecule has 1 aliphatic heterocycles. The molecule has 1 saturated heterocycles. The summed E-state index contributed by atoms with van der Waals surface area (Å²) in [5.74, 6) is -1.20. The van der Waals surface area contributed by atoms with Crippen LogP contribution in [0.5, 0.6) is 0 Å². The van der Waals surface area contributed by atoms with Crippen LogP contribution in [0, 0.1) is 0 Å². The molecule has 1 aliphatic rings. The van der Waals surface area contributed by atoms with E-state index in [1.165, 1.54) is 161 Å². The summed E-state index contributed by atoms with van der Waals surface area (Å²) in [7, 11) is 0. The summed E-state index contributed by atoms with van der Waals surface area (Å²) in [6, 6.07) is -1.03. The average molecular weight is 1110 g/mol. The van der Waals surface area contributed by atoms with Gasteiger partial charge in [-0.15, -0.1) is 0 Å². The van der Waals surface area contributed by atoms with E-state index < -0.39 is 67.4 Å². The van der Waals surface area contributed by atoms with Gasteiger partial charge < -0.3 is 45.1 Å². The van der Waals surface area contributed by atoms with Crippen LogP contribution < -0.4 is 5.32 Å². The molecule has 8 unspecified atom stereocenters. The summed E-state index contributed by atoms with van der Waals surface area (Å²) < 4.78 is 17.6. The smallest absolute Gasteiger partial charge is 0.306 e. The summed E-state index contributed by atoms with van der Waals surface area (Å²) in [5, 5.41) is 57.1. The molecule has 11 nitrogen and oxygen atoms in total. The highest BCUT2D eigenvalue weighted by Gasteiger charge is 2.47. The number of allylic oxidation sites excluding steroid dienone is 9. The van der Waals surface area contributed by atoms with Crippen molar-refractivity contribution in [2.45, 2.75) is 346 Å². The quantitative estimate of drug-likeness (QED) is 0.0195. The minimum absolute atomic E-state index is 0.118. The van der Waals surface area contributed by atoms with Crippen molar-refractivity contribution < 1.29 is 49.3 Å². The van der Waals surface area contributed by atoms with Crippen LogP contribution >= 0.6 is 0 Å². The first-order valence-electron chi connectivity index (χ1n) is 33.1. The van der Waals surface area contributed by atoms with E-state index in [9.17, 15) is 35.1 Å². The molecule has 0 aromatic heterocycles. The number of amides is 1. The minimum atomic E-state index is -1.62. The molecule has 1 amide bonds. The highest BCUT2D eigenvalue weighted by molar-refractivity contribution is 5.80. The second kappa shape index (κ2) is 55.9. The lowest BCUT2D eigenvalue weighted by atomic mass is 9.99. The number of hydrogen-bond acceptors (Lipinski definition) is 10. The molecule has 6 N–H and O–H groups in total. The maximum absolute atomic E-state index is 13.5. The number of ether oxygens (including phenoxy) is 3. The summed E-state index contributed by atoms with van der Waals surface area (Å²) >= 11 is 0. The number of unbranched alkanes of at least 4 members (excludes halogenated alkanes) is 34. The fraction of sp³-hybridized carbons (Fsp3) is 0.824. The van der Waals surface area contributed by atoms with Crippen LogP contribution in [-0.2, 0) is 23.8 Å². The maximum atomic E-state index is 13.5. The highest BCUT2D eigenvalue weighted by atomic mass is 16.7. The van der Waals surface area contributed by atoms with Crippen molar-refractivity contribution in [2.75, 3.05) is 13.2 Å².